The number of carboxylic acids is 2. The van der Waals surface area contributed by atoms with Crippen molar-refractivity contribution in [1.29, 1.82) is 0 Å². The van der Waals surface area contributed by atoms with E-state index < -0.39 is 24.0 Å². The van der Waals surface area contributed by atoms with E-state index in [1.165, 1.54) is 12.7 Å². The normalized spacial score (nSPS) is 12.3. The van der Waals surface area contributed by atoms with Crippen molar-refractivity contribution >= 4 is 11.9 Å². The number of imidazole rings is 2. The van der Waals surface area contributed by atoms with Crippen molar-refractivity contribution in [3.8, 4) is 0 Å². The minimum Gasteiger partial charge on any atom is -0.480 e. The van der Waals surface area contributed by atoms with Crippen molar-refractivity contribution in [3.63, 3.8) is 0 Å². The maximum atomic E-state index is 10.3. The summed E-state index contributed by atoms with van der Waals surface area (Å²) in [5.74, 6) is -2.00. The first kappa shape index (κ1) is 20.9. The van der Waals surface area contributed by atoms with Gasteiger partial charge in [0.25, 0.3) is 0 Å². The molecular weight excluding hydrogens is 358 g/mol. The van der Waals surface area contributed by atoms with Gasteiger partial charge >= 0.3 is 11.9 Å². The molecule has 0 aliphatic rings. The molecule has 0 bridgehead atoms. The zero-order valence-electron chi connectivity index (χ0n) is 12.3. The molecule has 0 amide bonds. The number of carboxylic acid groups (broad SMARTS) is 2. The van der Waals surface area contributed by atoms with Gasteiger partial charge in [0.15, 0.2) is 0 Å². The number of hydrogen-bond donors (Lipinski definition) is 6. The molecule has 23 heavy (non-hydrogen) atoms. The van der Waals surface area contributed by atoms with Crippen LogP contribution >= 0.6 is 0 Å². The molecule has 10 nitrogen and oxygen atoms in total. The first-order chi connectivity index (χ1) is 10.4. The molecular formula is C12H18N6O4Zn. The molecule has 0 aromatic carbocycles. The van der Waals surface area contributed by atoms with E-state index >= 15 is 0 Å². The number of carbonyl (C=O) groups is 2. The Balaban J connectivity index is 0.000000403. The molecule has 2 heterocycles. The number of aliphatic carboxylic acids is 2. The third-order valence-electron chi connectivity index (χ3n) is 2.62. The number of hydrogen-bond acceptors (Lipinski definition) is 6. The summed E-state index contributed by atoms with van der Waals surface area (Å²) in [4.78, 5) is 33.5. The Morgan fingerprint density at radius 3 is 1.52 bits per heavy atom. The summed E-state index contributed by atoms with van der Waals surface area (Å²) >= 11 is 0. The van der Waals surface area contributed by atoms with Gasteiger partial charge in [0, 0.05) is 56.1 Å². The van der Waals surface area contributed by atoms with Crippen LogP contribution in [0.5, 0.6) is 0 Å². The van der Waals surface area contributed by atoms with Crippen LogP contribution in [0, 0.1) is 0 Å². The van der Waals surface area contributed by atoms with Gasteiger partial charge in [-0.1, -0.05) is 0 Å². The van der Waals surface area contributed by atoms with Gasteiger partial charge < -0.3 is 31.6 Å². The Morgan fingerprint density at radius 1 is 0.957 bits per heavy atom. The second-order valence-corrected chi connectivity index (χ2v) is 4.45. The molecule has 2 atom stereocenters. The monoisotopic (exact) mass is 374 g/mol. The SMILES string of the molecule is NC(Cc1cnc[nH]1)C(=O)O.NC(Cc1cnc[nH]1)C(=O)O.[Zn]. The van der Waals surface area contributed by atoms with Gasteiger partial charge in [-0.25, -0.2) is 9.97 Å². The van der Waals surface area contributed by atoms with E-state index in [-0.39, 0.29) is 32.3 Å². The number of aromatic amines is 2. The smallest absolute Gasteiger partial charge is 0.320 e. The second-order valence-electron chi connectivity index (χ2n) is 4.45. The Bertz CT molecular complexity index is 522. The van der Waals surface area contributed by atoms with E-state index in [0.29, 0.717) is 0 Å². The first-order valence-corrected chi connectivity index (χ1v) is 6.31. The van der Waals surface area contributed by atoms with Crippen molar-refractivity contribution in [2.45, 2.75) is 24.9 Å². The van der Waals surface area contributed by atoms with Crippen molar-refractivity contribution in [3.05, 3.63) is 36.4 Å². The molecule has 11 heteroatoms. The summed E-state index contributed by atoms with van der Waals surface area (Å²) in [5.41, 5.74) is 12.0. The van der Waals surface area contributed by atoms with Gasteiger partial charge in [-0.2, -0.15) is 0 Å². The number of nitrogens with two attached hydrogens (primary N) is 2. The van der Waals surface area contributed by atoms with E-state index in [1.807, 2.05) is 0 Å². The number of rotatable bonds is 6. The summed E-state index contributed by atoms with van der Waals surface area (Å²) < 4.78 is 0. The third kappa shape index (κ3) is 8.19. The van der Waals surface area contributed by atoms with Crippen LogP contribution in [-0.2, 0) is 41.9 Å². The molecule has 0 fully saturated rings. The maximum absolute atomic E-state index is 10.3. The Morgan fingerprint density at radius 2 is 1.30 bits per heavy atom. The summed E-state index contributed by atoms with van der Waals surface area (Å²) in [6, 6.07) is -1.70. The molecule has 2 rings (SSSR count). The fourth-order valence-corrected chi connectivity index (χ4v) is 1.44. The number of aromatic nitrogens is 4. The second kappa shape index (κ2) is 10.6. The van der Waals surface area contributed by atoms with Crippen LogP contribution < -0.4 is 11.5 Å². The van der Waals surface area contributed by atoms with Crippen LogP contribution in [-0.4, -0.2) is 54.2 Å². The molecule has 0 aliphatic heterocycles. The van der Waals surface area contributed by atoms with Gasteiger partial charge in [-0.05, 0) is 0 Å². The quantitative estimate of drug-likeness (QED) is 0.337. The molecule has 0 saturated carbocycles. The summed E-state index contributed by atoms with van der Waals surface area (Å²) in [6.45, 7) is 0. The van der Waals surface area contributed by atoms with E-state index in [9.17, 15) is 9.59 Å². The fraction of sp³-hybridized carbons (Fsp3) is 0.333. The van der Waals surface area contributed by atoms with Crippen LogP contribution in [0.25, 0.3) is 0 Å². The van der Waals surface area contributed by atoms with Gasteiger partial charge in [-0.15, -0.1) is 0 Å². The van der Waals surface area contributed by atoms with E-state index in [4.69, 9.17) is 21.7 Å². The van der Waals surface area contributed by atoms with Gasteiger partial charge in [-0.3, -0.25) is 9.59 Å². The van der Waals surface area contributed by atoms with E-state index in [1.54, 1.807) is 12.4 Å². The summed E-state index contributed by atoms with van der Waals surface area (Å²) in [5, 5.41) is 16.8. The largest absolute Gasteiger partial charge is 0.480 e. The topological polar surface area (TPSA) is 184 Å². The fourth-order valence-electron chi connectivity index (χ4n) is 1.44. The Labute approximate surface area is 144 Å². The average Bonchev–Trinajstić information content (AvgIpc) is 3.12. The van der Waals surface area contributed by atoms with Crippen molar-refractivity contribution < 1.29 is 39.3 Å². The van der Waals surface area contributed by atoms with Gasteiger partial charge in [0.1, 0.15) is 12.1 Å². The van der Waals surface area contributed by atoms with Crippen molar-refractivity contribution in [1.82, 2.24) is 19.9 Å². The van der Waals surface area contributed by atoms with Crippen LogP contribution in [0.1, 0.15) is 11.4 Å². The average molecular weight is 376 g/mol. The number of H-pyrrole nitrogens is 2. The van der Waals surface area contributed by atoms with Crippen LogP contribution in [0.4, 0.5) is 0 Å². The third-order valence-corrected chi connectivity index (χ3v) is 2.62. The van der Waals surface area contributed by atoms with E-state index in [0.717, 1.165) is 11.4 Å². The number of nitrogens with one attached hydrogen (secondary N) is 2. The molecule has 0 saturated heterocycles. The molecule has 0 aliphatic carbocycles. The molecule has 2 aromatic heterocycles. The molecule has 122 valence electrons. The molecule has 2 unspecified atom stereocenters. The minimum absolute atomic E-state index is 0. The Hall–Kier alpha value is -2.10. The van der Waals surface area contributed by atoms with Crippen LogP contribution in [0.2, 0.25) is 0 Å². The first-order valence-electron chi connectivity index (χ1n) is 6.31. The Kier molecular flexibility index (Phi) is 9.63. The standard InChI is InChI=1S/2C6H9N3O2.Zn/c2*7-5(6(10)11)1-4-2-8-3-9-4;/h2*2-3,5H,1,7H2,(H,8,9)(H,10,11);. The zero-order valence-corrected chi connectivity index (χ0v) is 15.3. The van der Waals surface area contributed by atoms with Crippen LogP contribution in [0.3, 0.4) is 0 Å². The van der Waals surface area contributed by atoms with Crippen molar-refractivity contribution in [2.75, 3.05) is 0 Å². The maximum Gasteiger partial charge on any atom is 0.320 e. The minimum atomic E-state index is -1.00. The van der Waals surface area contributed by atoms with Gasteiger partial charge in [0.2, 0.25) is 0 Å². The zero-order chi connectivity index (χ0) is 16.5. The summed E-state index contributed by atoms with van der Waals surface area (Å²) in [7, 11) is 0. The van der Waals surface area contributed by atoms with Crippen LogP contribution in [0.15, 0.2) is 25.0 Å². The van der Waals surface area contributed by atoms with Crippen molar-refractivity contribution in [2.24, 2.45) is 11.5 Å². The van der Waals surface area contributed by atoms with E-state index in [2.05, 4.69) is 19.9 Å². The molecule has 2 aromatic rings. The number of nitrogens with zero attached hydrogens (tertiary/aromatic N) is 2. The molecule has 0 spiro atoms. The van der Waals surface area contributed by atoms with Gasteiger partial charge in [0.05, 0.1) is 12.7 Å². The molecule has 8 N–H and O–H groups in total. The predicted molar refractivity (Wildman–Crippen MR) is 75.8 cm³/mol. The summed E-state index contributed by atoms with van der Waals surface area (Å²) in [6.07, 6.45) is 6.67. The predicted octanol–water partition coefficient (Wildman–Crippen LogP) is -1.27. The molecule has 0 radical (unpaired) electrons.